The molecule has 0 amide bonds. The zero-order valence-electron chi connectivity index (χ0n) is 10.0. The molecule has 0 aromatic carbocycles. The van der Waals surface area contributed by atoms with E-state index in [9.17, 15) is 0 Å². The van der Waals surface area contributed by atoms with Crippen molar-refractivity contribution < 1.29 is 0 Å². The molecule has 2 aromatic rings. The molecule has 0 saturated heterocycles. The first kappa shape index (κ1) is 11.1. The Balaban J connectivity index is 2.14. The highest BCUT2D eigenvalue weighted by molar-refractivity contribution is 6.32. The van der Waals surface area contributed by atoms with Crippen molar-refractivity contribution in [3.63, 3.8) is 0 Å². The second-order valence-corrected chi connectivity index (χ2v) is 5.54. The van der Waals surface area contributed by atoms with Gasteiger partial charge in [-0.2, -0.15) is 0 Å². The van der Waals surface area contributed by atoms with Gasteiger partial charge in [0.15, 0.2) is 0 Å². The number of halogens is 1. The molecule has 17 heavy (non-hydrogen) atoms. The molecule has 2 heterocycles. The summed E-state index contributed by atoms with van der Waals surface area (Å²) in [6.07, 6.45) is 8.98. The molecule has 2 nitrogen and oxygen atoms in total. The van der Waals surface area contributed by atoms with E-state index in [1.807, 2.05) is 6.20 Å². The van der Waals surface area contributed by atoms with E-state index >= 15 is 0 Å². The van der Waals surface area contributed by atoms with Crippen molar-refractivity contribution in [2.45, 2.75) is 38.5 Å². The van der Waals surface area contributed by atoms with Gasteiger partial charge in [0.25, 0.3) is 0 Å². The fourth-order valence-corrected chi connectivity index (χ4v) is 3.42. The molecular formula is C14H17ClN2. The number of aromatic nitrogens is 2. The molecule has 0 aliphatic heterocycles. The lowest BCUT2D eigenvalue weighted by molar-refractivity contribution is 0.332. The summed E-state index contributed by atoms with van der Waals surface area (Å²) in [5, 5.41) is 2.03. The van der Waals surface area contributed by atoms with Crippen molar-refractivity contribution in [3.05, 3.63) is 29.0 Å². The van der Waals surface area contributed by atoms with Crippen molar-refractivity contribution in [3.8, 4) is 0 Å². The summed E-state index contributed by atoms with van der Waals surface area (Å²) in [5.41, 5.74) is 2.27. The van der Waals surface area contributed by atoms with Crippen molar-refractivity contribution in [2.75, 3.05) is 0 Å². The van der Waals surface area contributed by atoms with Crippen LogP contribution in [0.25, 0.3) is 11.0 Å². The number of rotatable bonds is 1. The third-order valence-corrected chi connectivity index (χ3v) is 4.36. The van der Waals surface area contributed by atoms with Crippen LogP contribution in [0.15, 0.2) is 18.5 Å². The van der Waals surface area contributed by atoms with E-state index in [-0.39, 0.29) is 0 Å². The van der Waals surface area contributed by atoms with E-state index in [4.69, 9.17) is 11.6 Å². The number of nitrogens with one attached hydrogen (secondary N) is 1. The molecule has 0 bridgehead atoms. The van der Waals surface area contributed by atoms with Crippen LogP contribution in [0.3, 0.4) is 0 Å². The third kappa shape index (κ3) is 1.85. The molecule has 1 saturated carbocycles. The molecule has 0 radical (unpaired) electrons. The Morgan fingerprint density at radius 2 is 2.18 bits per heavy atom. The Morgan fingerprint density at radius 3 is 3.00 bits per heavy atom. The van der Waals surface area contributed by atoms with Gasteiger partial charge < -0.3 is 4.98 Å². The lowest BCUT2D eigenvalue weighted by Gasteiger charge is -2.30. The van der Waals surface area contributed by atoms with Crippen LogP contribution < -0.4 is 0 Å². The van der Waals surface area contributed by atoms with Crippen LogP contribution in [0.2, 0.25) is 5.02 Å². The first-order valence-electron chi connectivity index (χ1n) is 6.39. The molecule has 0 spiro atoms. The monoisotopic (exact) mass is 248 g/mol. The maximum Gasteiger partial charge on any atom is 0.137 e. The fraction of sp³-hybridized carbons (Fsp3) is 0.500. The maximum absolute atomic E-state index is 6.38. The number of hydrogen-bond donors (Lipinski definition) is 1. The van der Waals surface area contributed by atoms with Crippen molar-refractivity contribution in [1.82, 2.24) is 9.97 Å². The zero-order chi connectivity index (χ0) is 11.8. The predicted octanol–water partition coefficient (Wildman–Crippen LogP) is 4.51. The quantitative estimate of drug-likeness (QED) is 0.790. The normalized spacial score (nSPS) is 25.3. The van der Waals surface area contributed by atoms with Crippen LogP contribution in [-0.4, -0.2) is 9.97 Å². The van der Waals surface area contributed by atoms with Gasteiger partial charge >= 0.3 is 0 Å². The standard InChI is InChI=1S/C14H17ClN2/c1-9-4-2-3-5-10(9)13-11-6-7-16-14(11)17-8-12(13)15/h6-10H,2-5H2,1H3,(H,16,17). The molecule has 1 N–H and O–H groups in total. The molecule has 1 aliphatic carbocycles. The Morgan fingerprint density at radius 1 is 1.35 bits per heavy atom. The van der Waals surface area contributed by atoms with Crippen LogP contribution in [-0.2, 0) is 0 Å². The lowest BCUT2D eigenvalue weighted by Crippen LogP contribution is -2.15. The summed E-state index contributed by atoms with van der Waals surface area (Å²) in [6, 6.07) is 2.10. The van der Waals surface area contributed by atoms with Gasteiger partial charge in [0, 0.05) is 17.8 Å². The predicted molar refractivity (Wildman–Crippen MR) is 71.5 cm³/mol. The lowest BCUT2D eigenvalue weighted by atomic mass is 9.76. The number of fused-ring (bicyclic) bond motifs is 1. The first-order chi connectivity index (χ1) is 8.27. The fourth-order valence-electron chi connectivity index (χ4n) is 3.13. The van der Waals surface area contributed by atoms with Gasteiger partial charge in [-0.1, -0.05) is 37.8 Å². The first-order valence-corrected chi connectivity index (χ1v) is 6.76. The summed E-state index contributed by atoms with van der Waals surface area (Å²) in [7, 11) is 0. The number of H-pyrrole nitrogens is 1. The van der Waals surface area contributed by atoms with E-state index in [2.05, 4.69) is 23.0 Å². The average Bonchev–Trinajstić information content (AvgIpc) is 2.79. The highest BCUT2D eigenvalue weighted by atomic mass is 35.5. The molecule has 1 aliphatic rings. The van der Waals surface area contributed by atoms with Gasteiger partial charge in [-0.15, -0.1) is 0 Å². The number of nitrogens with zero attached hydrogens (tertiary/aromatic N) is 1. The van der Waals surface area contributed by atoms with Gasteiger partial charge in [0.1, 0.15) is 5.65 Å². The Bertz CT molecular complexity index is 532. The minimum atomic E-state index is 0.595. The molecule has 1 fully saturated rings. The summed E-state index contributed by atoms with van der Waals surface area (Å²) < 4.78 is 0. The Labute approximate surface area is 106 Å². The molecule has 2 atom stereocenters. The third-order valence-electron chi connectivity index (χ3n) is 4.06. The second-order valence-electron chi connectivity index (χ2n) is 5.13. The SMILES string of the molecule is CC1CCCCC1c1c(Cl)cnc2[nH]ccc12. The number of pyridine rings is 1. The summed E-state index contributed by atoms with van der Waals surface area (Å²) in [6.45, 7) is 2.35. The van der Waals surface area contributed by atoms with Crippen LogP contribution in [0.1, 0.15) is 44.1 Å². The van der Waals surface area contributed by atoms with Gasteiger partial charge in [0.05, 0.1) is 5.02 Å². The van der Waals surface area contributed by atoms with Crippen molar-refractivity contribution in [2.24, 2.45) is 5.92 Å². The van der Waals surface area contributed by atoms with Gasteiger partial charge in [-0.05, 0) is 29.9 Å². The van der Waals surface area contributed by atoms with E-state index in [1.54, 1.807) is 6.20 Å². The van der Waals surface area contributed by atoms with Crippen LogP contribution >= 0.6 is 11.6 Å². The number of aromatic amines is 1. The zero-order valence-corrected chi connectivity index (χ0v) is 10.8. The molecule has 2 aromatic heterocycles. The van der Waals surface area contributed by atoms with Crippen LogP contribution in [0.5, 0.6) is 0 Å². The van der Waals surface area contributed by atoms with Crippen molar-refractivity contribution in [1.29, 1.82) is 0 Å². The molecule has 2 unspecified atom stereocenters. The summed E-state index contributed by atoms with van der Waals surface area (Å²) >= 11 is 6.38. The number of hydrogen-bond acceptors (Lipinski definition) is 1. The Hall–Kier alpha value is -1.02. The van der Waals surface area contributed by atoms with E-state index < -0.39 is 0 Å². The molecule has 3 heteroatoms. The maximum atomic E-state index is 6.38. The summed E-state index contributed by atoms with van der Waals surface area (Å²) in [5.74, 6) is 1.32. The van der Waals surface area contributed by atoms with Crippen LogP contribution in [0, 0.1) is 5.92 Å². The Kier molecular flexibility index (Phi) is 2.83. The highest BCUT2D eigenvalue weighted by Crippen LogP contribution is 2.42. The topological polar surface area (TPSA) is 28.7 Å². The van der Waals surface area contributed by atoms with Gasteiger partial charge in [0.2, 0.25) is 0 Å². The summed E-state index contributed by atoms with van der Waals surface area (Å²) in [4.78, 5) is 7.51. The van der Waals surface area contributed by atoms with E-state index in [0.717, 1.165) is 16.6 Å². The van der Waals surface area contributed by atoms with Gasteiger partial charge in [-0.3, -0.25) is 0 Å². The molecule has 3 rings (SSSR count). The minimum Gasteiger partial charge on any atom is -0.346 e. The second kappa shape index (κ2) is 4.34. The molecule has 90 valence electrons. The molecular weight excluding hydrogens is 232 g/mol. The van der Waals surface area contributed by atoms with E-state index in [1.165, 1.54) is 36.6 Å². The van der Waals surface area contributed by atoms with E-state index in [0.29, 0.717) is 5.92 Å². The largest absolute Gasteiger partial charge is 0.346 e. The van der Waals surface area contributed by atoms with Crippen LogP contribution in [0.4, 0.5) is 0 Å². The smallest absolute Gasteiger partial charge is 0.137 e. The average molecular weight is 249 g/mol. The highest BCUT2D eigenvalue weighted by Gasteiger charge is 2.26. The minimum absolute atomic E-state index is 0.595. The van der Waals surface area contributed by atoms with Gasteiger partial charge in [-0.25, -0.2) is 4.98 Å². The van der Waals surface area contributed by atoms with Crippen molar-refractivity contribution >= 4 is 22.6 Å².